The molecule has 6 heteroatoms. The van der Waals surface area contributed by atoms with Gasteiger partial charge in [0.25, 0.3) is 5.19 Å². The van der Waals surface area contributed by atoms with Crippen LogP contribution in [0.1, 0.15) is 24.2 Å². The third kappa shape index (κ3) is 3.37. The number of ether oxygens (including phenoxy) is 1. The molecule has 0 amide bonds. The lowest BCUT2D eigenvalue weighted by Gasteiger charge is -2.15. The van der Waals surface area contributed by atoms with Crippen molar-refractivity contribution in [2.75, 3.05) is 7.11 Å². The topological polar surface area (TPSA) is 55.2 Å². The van der Waals surface area contributed by atoms with E-state index in [1.165, 1.54) is 23.5 Å². The maximum atomic E-state index is 13.5. The third-order valence-corrected chi connectivity index (χ3v) is 5.57. The second-order valence-electron chi connectivity index (χ2n) is 6.68. The molecule has 0 bridgehead atoms. The van der Waals surface area contributed by atoms with E-state index >= 15 is 0 Å². The molecular weight excluding hydrogens is 375 g/mol. The number of halogens is 1. The summed E-state index contributed by atoms with van der Waals surface area (Å²) in [5, 5.41) is 11.7. The molecule has 2 aromatic carbocycles. The Morgan fingerprint density at radius 3 is 2.54 bits per heavy atom. The summed E-state index contributed by atoms with van der Waals surface area (Å²) in [7, 11) is 1.58. The van der Waals surface area contributed by atoms with Crippen molar-refractivity contribution in [3.8, 4) is 26.9 Å². The number of methoxy groups -OCH3 is 1. The van der Waals surface area contributed by atoms with Gasteiger partial charge in [-0.3, -0.25) is 0 Å². The first-order valence-corrected chi connectivity index (χ1v) is 9.67. The first kappa shape index (κ1) is 18.5. The zero-order chi connectivity index (χ0) is 19.8. The van der Waals surface area contributed by atoms with Crippen LogP contribution in [0.2, 0.25) is 0 Å². The fraction of sp³-hybridized carbons (Fsp3) is 0.182. The molecule has 0 aliphatic rings. The van der Waals surface area contributed by atoms with Crippen LogP contribution in [-0.2, 0) is 0 Å². The maximum Gasteiger partial charge on any atom is 0.273 e. The molecule has 4 rings (SSSR count). The van der Waals surface area contributed by atoms with Crippen LogP contribution in [0.3, 0.4) is 0 Å². The fourth-order valence-corrected chi connectivity index (χ4v) is 4.03. The van der Waals surface area contributed by atoms with Crippen molar-refractivity contribution in [1.82, 2.24) is 9.97 Å². The van der Waals surface area contributed by atoms with E-state index in [1.807, 2.05) is 25.1 Å². The number of fused-ring (bicyclic) bond motifs is 1. The minimum atomic E-state index is -0.625. The van der Waals surface area contributed by atoms with Gasteiger partial charge in [-0.2, -0.15) is 0 Å². The summed E-state index contributed by atoms with van der Waals surface area (Å²) in [6.07, 6.45) is 1.11. The Morgan fingerprint density at radius 1 is 1.14 bits per heavy atom. The van der Waals surface area contributed by atoms with E-state index in [0.717, 1.165) is 43.7 Å². The smallest absolute Gasteiger partial charge is 0.273 e. The van der Waals surface area contributed by atoms with E-state index in [9.17, 15) is 9.50 Å². The molecule has 2 aromatic heterocycles. The summed E-state index contributed by atoms with van der Waals surface area (Å²) in [5.74, 6) is -0.293. The quantitative estimate of drug-likeness (QED) is 0.494. The Morgan fingerprint density at radius 2 is 1.89 bits per heavy atom. The average molecular weight is 394 g/mol. The molecular formula is C22H19FN2O2S. The summed E-state index contributed by atoms with van der Waals surface area (Å²) in [6.45, 7) is 3.73. The molecule has 0 aliphatic carbocycles. The molecule has 0 fully saturated rings. The maximum absolute atomic E-state index is 13.5. The fourth-order valence-electron chi connectivity index (χ4n) is 3.29. The van der Waals surface area contributed by atoms with Crippen molar-refractivity contribution in [2.24, 2.45) is 0 Å². The van der Waals surface area contributed by atoms with E-state index < -0.39 is 6.10 Å². The Kier molecular flexibility index (Phi) is 4.83. The van der Waals surface area contributed by atoms with Gasteiger partial charge in [-0.15, -0.1) is 0 Å². The molecule has 1 unspecified atom stereocenters. The molecule has 1 atom stereocenters. The molecule has 0 saturated heterocycles. The molecule has 1 N–H and O–H groups in total. The first-order chi connectivity index (χ1) is 13.5. The SMILES string of the molecule is COc1ncc(-c2nc3cc(C)cc(C(C)O)c3cc2-c2ccc(F)cc2)s1. The second-order valence-corrected chi connectivity index (χ2v) is 7.68. The average Bonchev–Trinajstić information content (AvgIpc) is 3.16. The molecule has 28 heavy (non-hydrogen) atoms. The number of benzene rings is 2. The van der Waals surface area contributed by atoms with Gasteiger partial charge in [-0.05, 0) is 54.8 Å². The number of aliphatic hydroxyl groups excluding tert-OH is 1. The lowest BCUT2D eigenvalue weighted by Crippen LogP contribution is -1.98. The third-order valence-electron chi connectivity index (χ3n) is 4.61. The van der Waals surface area contributed by atoms with Gasteiger partial charge in [-0.1, -0.05) is 29.5 Å². The minimum absolute atomic E-state index is 0.293. The Balaban J connectivity index is 2.04. The largest absolute Gasteiger partial charge is 0.473 e. The van der Waals surface area contributed by atoms with Gasteiger partial charge in [0, 0.05) is 10.9 Å². The van der Waals surface area contributed by atoms with Crippen LogP contribution in [-0.4, -0.2) is 22.2 Å². The van der Waals surface area contributed by atoms with Crippen LogP contribution in [0.25, 0.3) is 32.6 Å². The molecule has 4 nitrogen and oxygen atoms in total. The summed E-state index contributed by atoms with van der Waals surface area (Å²) in [5.41, 5.74) is 5.09. The van der Waals surface area contributed by atoms with Crippen LogP contribution in [0, 0.1) is 12.7 Å². The van der Waals surface area contributed by atoms with E-state index in [2.05, 4.69) is 4.98 Å². The monoisotopic (exact) mass is 394 g/mol. The summed E-state index contributed by atoms with van der Waals surface area (Å²) < 4.78 is 18.7. The predicted molar refractivity (Wildman–Crippen MR) is 110 cm³/mol. The zero-order valence-electron chi connectivity index (χ0n) is 15.7. The van der Waals surface area contributed by atoms with Crippen LogP contribution >= 0.6 is 11.3 Å². The van der Waals surface area contributed by atoms with E-state index in [4.69, 9.17) is 9.72 Å². The lowest BCUT2D eigenvalue weighted by molar-refractivity contribution is 0.201. The van der Waals surface area contributed by atoms with Crippen molar-refractivity contribution < 1.29 is 14.2 Å². The number of nitrogens with zero attached hydrogens (tertiary/aromatic N) is 2. The Hall–Kier alpha value is -2.83. The van der Waals surface area contributed by atoms with Gasteiger partial charge in [0.05, 0.1) is 35.5 Å². The molecule has 0 radical (unpaired) electrons. The summed E-state index contributed by atoms with van der Waals surface area (Å²) in [6, 6.07) is 12.3. The van der Waals surface area contributed by atoms with Crippen molar-refractivity contribution >= 4 is 22.2 Å². The molecule has 0 aliphatic heterocycles. The van der Waals surface area contributed by atoms with Gasteiger partial charge in [-0.25, -0.2) is 14.4 Å². The number of aromatic nitrogens is 2. The number of thiazole rings is 1. The Labute approximate surface area is 166 Å². The highest BCUT2D eigenvalue weighted by Crippen LogP contribution is 2.39. The summed E-state index contributed by atoms with van der Waals surface area (Å²) in [4.78, 5) is 10.0. The number of pyridine rings is 1. The molecule has 0 spiro atoms. The van der Waals surface area contributed by atoms with Crippen molar-refractivity contribution in [3.05, 3.63) is 65.6 Å². The zero-order valence-corrected chi connectivity index (χ0v) is 16.5. The van der Waals surface area contributed by atoms with Gasteiger partial charge in [0.15, 0.2) is 0 Å². The van der Waals surface area contributed by atoms with Gasteiger partial charge < -0.3 is 9.84 Å². The lowest BCUT2D eigenvalue weighted by atomic mass is 9.96. The van der Waals surface area contributed by atoms with Crippen LogP contribution in [0.5, 0.6) is 5.19 Å². The van der Waals surface area contributed by atoms with Crippen LogP contribution in [0.15, 0.2) is 48.7 Å². The van der Waals surface area contributed by atoms with Gasteiger partial charge >= 0.3 is 0 Å². The standard InChI is InChI=1S/C22H19FN2O2S/c1-12-8-16(13(2)26)18-10-17(14-4-6-15(23)7-5-14)21(25-19(18)9-12)20-11-24-22(27-3)28-20/h4-11,13,26H,1-3H3. The van der Waals surface area contributed by atoms with Gasteiger partial charge in [0.2, 0.25) is 0 Å². The molecule has 0 saturated carbocycles. The van der Waals surface area contributed by atoms with Crippen molar-refractivity contribution in [2.45, 2.75) is 20.0 Å². The number of hydrogen-bond donors (Lipinski definition) is 1. The first-order valence-electron chi connectivity index (χ1n) is 8.85. The van der Waals surface area contributed by atoms with Gasteiger partial charge in [0.1, 0.15) is 5.82 Å². The van der Waals surface area contributed by atoms with E-state index in [1.54, 1.807) is 32.4 Å². The number of aliphatic hydroxyl groups is 1. The van der Waals surface area contributed by atoms with Crippen LogP contribution < -0.4 is 4.74 Å². The highest BCUT2D eigenvalue weighted by molar-refractivity contribution is 7.16. The minimum Gasteiger partial charge on any atom is -0.473 e. The number of aryl methyl sites for hydroxylation is 1. The summed E-state index contributed by atoms with van der Waals surface area (Å²) >= 11 is 1.40. The Bertz CT molecular complexity index is 1150. The van der Waals surface area contributed by atoms with E-state index in [-0.39, 0.29) is 5.82 Å². The second kappa shape index (κ2) is 7.30. The molecule has 2 heterocycles. The molecule has 4 aromatic rings. The molecule has 142 valence electrons. The number of rotatable bonds is 4. The number of hydrogen-bond acceptors (Lipinski definition) is 5. The van der Waals surface area contributed by atoms with E-state index in [0.29, 0.717) is 5.19 Å². The normalized spacial score (nSPS) is 12.3. The highest BCUT2D eigenvalue weighted by atomic mass is 32.1. The highest BCUT2D eigenvalue weighted by Gasteiger charge is 2.17. The van der Waals surface area contributed by atoms with Crippen molar-refractivity contribution in [1.29, 1.82) is 0 Å². The van der Waals surface area contributed by atoms with Crippen molar-refractivity contribution in [3.63, 3.8) is 0 Å². The predicted octanol–water partition coefficient (Wildman–Crippen LogP) is 5.53. The van der Waals surface area contributed by atoms with Crippen LogP contribution in [0.4, 0.5) is 4.39 Å².